The van der Waals surface area contributed by atoms with Gasteiger partial charge in [0, 0.05) is 6.20 Å². The second-order valence-electron chi connectivity index (χ2n) is 2.93. The van der Waals surface area contributed by atoms with Crippen LogP contribution in [-0.2, 0) is 9.53 Å². The zero-order valence-corrected chi connectivity index (χ0v) is 8.64. The van der Waals surface area contributed by atoms with Crippen molar-refractivity contribution >= 4 is 17.9 Å². The first kappa shape index (κ1) is 11.2. The Kier molecular flexibility index (Phi) is 4.34. The molecule has 4 heteroatoms. The molecule has 15 heavy (non-hydrogen) atoms. The second kappa shape index (κ2) is 5.80. The standard InChI is InChI=1S/C11H14N2O2/c1-2-15-11(14)5-3-4-9-6-7-13-10(12)8-9/h3-4,6-8H,2,5H2,1H3,(H2,12,13). The number of rotatable bonds is 4. The van der Waals surface area contributed by atoms with E-state index < -0.39 is 0 Å². The third-order valence-electron chi connectivity index (χ3n) is 1.71. The number of aromatic nitrogens is 1. The van der Waals surface area contributed by atoms with Crippen LogP contribution in [0, 0.1) is 0 Å². The van der Waals surface area contributed by atoms with Gasteiger partial charge in [0.1, 0.15) is 5.82 Å². The fraction of sp³-hybridized carbons (Fsp3) is 0.273. The van der Waals surface area contributed by atoms with E-state index >= 15 is 0 Å². The number of nitrogens with zero attached hydrogens (tertiary/aromatic N) is 1. The fourth-order valence-corrected chi connectivity index (χ4v) is 1.08. The second-order valence-corrected chi connectivity index (χ2v) is 2.93. The van der Waals surface area contributed by atoms with Crippen molar-refractivity contribution in [1.29, 1.82) is 0 Å². The van der Waals surface area contributed by atoms with Crippen LogP contribution in [0.3, 0.4) is 0 Å². The summed E-state index contributed by atoms with van der Waals surface area (Å²) < 4.78 is 4.78. The molecule has 0 unspecified atom stereocenters. The van der Waals surface area contributed by atoms with Gasteiger partial charge in [0.15, 0.2) is 0 Å². The molecule has 0 aliphatic rings. The van der Waals surface area contributed by atoms with Gasteiger partial charge >= 0.3 is 5.97 Å². The summed E-state index contributed by atoms with van der Waals surface area (Å²) in [5.74, 6) is 0.240. The van der Waals surface area contributed by atoms with Crippen LogP contribution >= 0.6 is 0 Å². The zero-order chi connectivity index (χ0) is 11.1. The monoisotopic (exact) mass is 206 g/mol. The molecule has 1 heterocycles. The molecule has 1 aromatic heterocycles. The Balaban J connectivity index is 2.48. The lowest BCUT2D eigenvalue weighted by Gasteiger charge is -1.97. The molecule has 0 fully saturated rings. The highest BCUT2D eigenvalue weighted by Crippen LogP contribution is 2.05. The maximum absolute atomic E-state index is 11.0. The third-order valence-corrected chi connectivity index (χ3v) is 1.71. The average molecular weight is 206 g/mol. The van der Waals surface area contributed by atoms with Crippen molar-refractivity contribution in [2.45, 2.75) is 13.3 Å². The molecule has 0 saturated carbocycles. The predicted octanol–water partition coefficient (Wildman–Crippen LogP) is 1.63. The summed E-state index contributed by atoms with van der Waals surface area (Å²) in [4.78, 5) is 14.9. The van der Waals surface area contributed by atoms with E-state index in [9.17, 15) is 4.79 Å². The molecule has 0 spiro atoms. The number of hydrogen-bond acceptors (Lipinski definition) is 4. The highest BCUT2D eigenvalue weighted by atomic mass is 16.5. The van der Waals surface area contributed by atoms with Crippen LogP contribution in [-0.4, -0.2) is 17.6 Å². The Bertz CT molecular complexity index is 361. The maximum Gasteiger partial charge on any atom is 0.309 e. The molecular weight excluding hydrogens is 192 g/mol. The number of hydrogen-bond donors (Lipinski definition) is 1. The number of carbonyl (C=O) groups excluding carboxylic acids is 1. The van der Waals surface area contributed by atoms with E-state index in [4.69, 9.17) is 10.5 Å². The fourth-order valence-electron chi connectivity index (χ4n) is 1.08. The first-order valence-electron chi connectivity index (χ1n) is 4.76. The number of esters is 1. The van der Waals surface area contributed by atoms with Crippen LogP contribution in [0.2, 0.25) is 0 Å². The number of ether oxygens (including phenoxy) is 1. The summed E-state index contributed by atoms with van der Waals surface area (Å²) in [6, 6.07) is 3.56. The summed E-state index contributed by atoms with van der Waals surface area (Å²) >= 11 is 0. The number of nitrogens with two attached hydrogens (primary N) is 1. The Hall–Kier alpha value is -1.84. The molecule has 1 rings (SSSR count). The van der Waals surface area contributed by atoms with Crippen molar-refractivity contribution < 1.29 is 9.53 Å². The van der Waals surface area contributed by atoms with Gasteiger partial charge in [0.25, 0.3) is 0 Å². The SMILES string of the molecule is CCOC(=O)CC=Cc1ccnc(N)c1. The van der Waals surface area contributed by atoms with E-state index in [1.54, 1.807) is 25.3 Å². The Labute approximate surface area is 88.8 Å². The lowest BCUT2D eigenvalue weighted by atomic mass is 10.2. The summed E-state index contributed by atoms with van der Waals surface area (Å²) in [5.41, 5.74) is 6.42. The van der Waals surface area contributed by atoms with E-state index in [1.807, 2.05) is 12.1 Å². The van der Waals surface area contributed by atoms with Gasteiger partial charge in [-0.25, -0.2) is 4.98 Å². The quantitative estimate of drug-likeness (QED) is 0.760. The molecule has 2 N–H and O–H groups in total. The number of anilines is 1. The molecule has 0 radical (unpaired) electrons. The minimum Gasteiger partial charge on any atom is -0.466 e. The van der Waals surface area contributed by atoms with Gasteiger partial charge in [-0.15, -0.1) is 0 Å². The third kappa shape index (κ3) is 4.26. The number of carbonyl (C=O) groups is 1. The lowest BCUT2D eigenvalue weighted by molar-refractivity contribution is -0.142. The van der Waals surface area contributed by atoms with Crippen LogP contribution in [0.25, 0.3) is 6.08 Å². The molecule has 0 aliphatic carbocycles. The molecular formula is C11H14N2O2. The Morgan fingerprint density at radius 3 is 3.13 bits per heavy atom. The van der Waals surface area contributed by atoms with Gasteiger partial charge in [0.05, 0.1) is 13.0 Å². The van der Waals surface area contributed by atoms with Crippen molar-refractivity contribution in [1.82, 2.24) is 4.98 Å². The van der Waals surface area contributed by atoms with Gasteiger partial charge in [-0.05, 0) is 24.6 Å². The molecule has 0 bridgehead atoms. The van der Waals surface area contributed by atoms with Crippen LogP contribution in [0.15, 0.2) is 24.4 Å². The minimum absolute atomic E-state index is 0.226. The van der Waals surface area contributed by atoms with Crippen molar-refractivity contribution in [2.24, 2.45) is 0 Å². The summed E-state index contributed by atoms with van der Waals surface area (Å²) in [5, 5.41) is 0. The zero-order valence-electron chi connectivity index (χ0n) is 8.64. The minimum atomic E-state index is -0.226. The molecule has 80 valence electrons. The smallest absolute Gasteiger partial charge is 0.309 e. The topological polar surface area (TPSA) is 65.2 Å². The highest BCUT2D eigenvalue weighted by Gasteiger charge is 1.96. The normalized spacial score (nSPS) is 10.5. The van der Waals surface area contributed by atoms with E-state index in [-0.39, 0.29) is 12.4 Å². The number of pyridine rings is 1. The largest absolute Gasteiger partial charge is 0.466 e. The van der Waals surface area contributed by atoms with Crippen LogP contribution in [0.1, 0.15) is 18.9 Å². The first-order valence-corrected chi connectivity index (χ1v) is 4.76. The molecule has 0 aromatic carbocycles. The molecule has 4 nitrogen and oxygen atoms in total. The summed E-state index contributed by atoms with van der Waals surface area (Å²) in [6.07, 6.45) is 5.46. The van der Waals surface area contributed by atoms with Gasteiger partial charge in [-0.2, -0.15) is 0 Å². The molecule has 0 aliphatic heterocycles. The van der Waals surface area contributed by atoms with Crippen LogP contribution in [0.5, 0.6) is 0 Å². The Morgan fingerprint density at radius 2 is 2.47 bits per heavy atom. The van der Waals surface area contributed by atoms with Crippen molar-refractivity contribution in [3.8, 4) is 0 Å². The van der Waals surface area contributed by atoms with Crippen LogP contribution in [0.4, 0.5) is 5.82 Å². The van der Waals surface area contributed by atoms with Gasteiger partial charge in [-0.1, -0.05) is 12.2 Å². The van der Waals surface area contributed by atoms with E-state index in [0.717, 1.165) is 5.56 Å². The van der Waals surface area contributed by atoms with Crippen molar-refractivity contribution in [2.75, 3.05) is 12.3 Å². The Morgan fingerprint density at radius 1 is 1.67 bits per heavy atom. The summed E-state index contributed by atoms with van der Waals surface area (Å²) in [7, 11) is 0. The van der Waals surface area contributed by atoms with Gasteiger partial charge in [-0.3, -0.25) is 4.79 Å². The average Bonchev–Trinajstić information content (AvgIpc) is 2.18. The predicted molar refractivity (Wildman–Crippen MR) is 58.9 cm³/mol. The van der Waals surface area contributed by atoms with E-state index in [0.29, 0.717) is 12.4 Å². The van der Waals surface area contributed by atoms with E-state index in [2.05, 4.69) is 4.98 Å². The van der Waals surface area contributed by atoms with Gasteiger partial charge in [0.2, 0.25) is 0 Å². The van der Waals surface area contributed by atoms with Crippen molar-refractivity contribution in [3.63, 3.8) is 0 Å². The van der Waals surface area contributed by atoms with Crippen LogP contribution < -0.4 is 5.73 Å². The maximum atomic E-state index is 11.0. The molecule has 0 saturated heterocycles. The lowest BCUT2D eigenvalue weighted by Crippen LogP contribution is -2.01. The van der Waals surface area contributed by atoms with Gasteiger partial charge < -0.3 is 10.5 Å². The summed E-state index contributed by atoms with van der Waals surface area (Å²) in [6.45, 7) is 2.19. The molecule has 0 amide bonds. The highest BCUT2D eigenvalue weighted by molar-refractivity contribution is 5.72. The van der Waals surface area contributed by atoms with E-state index in [1.165, 1.54) is 0 Å². The molecule has 0 atom stereocenters. The first-order chi connectivity index (χ1) is 7.22. The van der Waals surface area contributed by atoms with Crippen molar-refractivity contribution in [3.05, 3.63) is 30.0 Å². The number of nitrogen functional groups attached to an aromatic ring is 1. The molecule has 1 aromatic rings.